The second kappa shape index (κ2) is 5.50. The Morgan fingerprint density at radius 1 is 1.33 bits per heavy atom. The van der Waals surface area contributed by atoms with Crippen molar-refractivity contribution in [3.05, 3.63) is 28.8 Å². The highest BCUT2D eigenvalue weighted by molar-refractivity contribution is 6.33. The van der Waals surface area contributed by atoms with Crippen molar-refractivity contribution >= 4 is 17.3 Å². The first kappa shape index (κ1) is 13.7. The number of aliphatic hydroxyl groups is 1. The van der Waals surface area contributed by atoms with Crippen molar-refractivity contribution in [2.75, 3.05) is 18.0 Å². The standard InChI is InChI=1S/C15H22ClNO/c1-10-6-7-17(9-11(10)2)15-5-4-13(12(3)18)8-14(15)16/h4-5,8,10-12,18H,6-7,9H2,1-3H3. The molecule has 0 radical (unpaired) electrons. The van der Waals surface area contributed by atoms with Gasteiger partial charge in [0, 0.05) is 13.1 Å². The molecule has 1 aromatic rings. The summed E-state index contributed by atoms with van der Waals surface area (Å²) in [6, 6.07) is 5.88. The molecule has 3 heteroatoms. The van der Waals surface area contributed by atoms with Gasteiger partial charge in [0.25, 0.3) is 0 Å². The molecule has 0 spiro atoms. The van der Waals surface area contributed by atoms with Crippen LogP contribution < -0.4 is 4.90 Å². The molecule has 0 aliphatic carbocycles. The third kappa shape index (κ3) is 2.81. The van der Waals surface area contributed by atoms with Crippen molar-refractivity contribution in [1.29, 1.82) is 0 Å². The van der Waals surface area contributed by atoms with Gasteiger partial charge in [-0.05, 0) is 42.9 Å². The van der Waals surface area contributed by atoms with Crippen LogP contribution >= 0.6 is 11.6 Å². The summed E-state index contributed by atoms with van der Waals surface area (Å²) in [5, 5.41) is 10.3. The first-order chi connectivity index (χ1) is 8.49. The van der Waals surface area contributed by atoms with Gasteiger partial charge in [0.05, 0.1) is 16.8 Å². The van der Waals surface area contributed by atoms with E-state index in [0.717, 1.165) is 35.3 Å². The van der Waals surface area contributed by atoms with Gasteiger partial charge in [0.2, 0.25) is 0 Å². The van der Waals surface area contributed by atoms with Gasteiger partial charge in [-0.3, -0.25) is 0 Å². The van der Waals surface area contributed by atoms with Gasteiger partial charge in [0.1, 0.15) is 0 Å². The highest BCUT2D eigenvalue weighted by atomic mass is 35.5. The summed E-state index contributed by atoms with van der Waals surface area (Å²) in [6.07, 6.45) is 0.757. The van der Waals surface area contributed by atoms with Crippen LogP contribution in [0, 0.1) is 11.8 Å². The smallest absolute Gasteiger partial charge is 0.0762 e. The Hall–Kier alpha value is -0.730. The molecule has 2 nitrogen and oxygen atoms in total. The Morgan fingerprint density at radius 2 is 2.06 bits per heavy atom. The molecule has 1 saturated heterocycles. The van der Waals surface area contributed by atoms with Crippen molar-refractivity contribution in [1.82, 2.24) is 0 Å². The van der Waals surface area contributed by atoms with E-state index in [-0.39, 0.29) is 0 Å². The van der Waals surface area contributed by atoms with Gasteiger partial charge < -0.3 is 10.0 Å². The van der Waals surface area contributed by atoms with Crippen molar-refractivity contribution < 1.29 is 5.11 Å². The van der Waals surface area contributed by atoms with E-state index < -0.39 is 6.10 Å². The summed E-state index contributed by atoms with van der Waals surface area (Å²) in [5.74, 6) is 1.49. The summed E-state index contributed by atoms with van der Waals surface area (Å²) in [4.78, 5) is 2.36. The Labute approximate surface area is 115 Å². The molecule has 3 atom stereocenters. The Bertz CT molecular complexity index is 419. The Kier molecular flexibility index (Phi) is 4.18. The zero-order chi connectivity index (χ0) is 13.3. The van der Waals surface area contributed by atoms with Gasteiger partial charge >= 0.3 is 0 Å². The molecular weight excluding hydrogens is 246 g/mol. The number of halogens is 1. The number of aliphatic hydroxyl groups excluding tert-OH is 1. The van der Waals surface area contributed by atoms with Crippen LogP contribution in [0.5, 0.6) is 0 Å². The average molecular weight is 268 g/mol. The van der Waals surface area contributed by atoms with Crippen molar-refractivity contribution in [2.24, 2.45) is 11.8 Å². The third-order valence-corrected chi connectivity index (χ3v) is 4.43. The quantitative estimate of drug-likeness (QED) is 0.879. The number of nitrogens with zero attached hydrogens (tertiary/aromatic N) is 1. The molecule has 0 bridgehead atoms. The highest BCUT2D eigenvalue weighted by Crippen LogP contribution is 2.33. The van der Waals surface area contributed by atoms with Crippen LogP contribution in [0.25, 0.3) is 0 Å². The number of hydrogen-bond donors (Lipinski definition) is 1. The first-order valence-corrected chi connectivity index (χ1v) is 7.09. The van der Waals surface area contributed by atoms with E-state index >= 15 is 0 Å². The molecule has 0 saturated carbocycles. The van der Waals surface area contributed by atoms with E-state index in [0.29, 0.717) is 5.92 Å². The van der Waals surface area contributed by atoms with Crippen LogP contribution in [-0.2, 0) is 0 Å². The maximum Gasteiger partial charge on any atom is 0.0762 e. The van der Waals surface area contributed by atoms with Crippen LogP contribution in [0.4, 0.5) is 5.69 Å². The van der Waals surface area contributed by atoms with Gasteiger partial charge in [-0.15, -0.1) is 0 Å². The van der Waals surface area contributed by atoms with E-state index in [2.05, 4.69) is 18.7 Å². The number of anilines is 1. The van der Waals surface area contributed by atoms with E-state index in [4.69, 9.17) is 11.6 Å². The fourth-order valence-corrected chi connectivity index (χ4v) is 2.83. The molecule has 1 aliphatic rings. The van der Waals surface area contributed by atoms with Crippen molar-refractivity contribution in [2.45, 2.75) is 33.3 Å². The minimum atomic E-state index is -0.461. The molecule has 1 aromatic carbocycles. The van der Waals surface area contributed by atoms with Crippen molar-refractivity contribution in [3.63, 3.8) is 0 Å². The lowest BCUT2D eigenvalue weighted by molar-refractivity contribution is 0.199. The normalized spacial score (nSPS) is 26.2. The van der Waals surface area contributed by atoms with Crippen molar-refractivity contribution in [3.8, 4) is 0 Å². The summed E-state index contributed by atoms with van der Waals surface area (Å²) < 4.78 is 0. The lowest BCUT2D eigenvalue weighted by Gasteiger charge is -2.37. The monoisotopic (exact) mass is 267 g/mol. The fraction of sp³-hybridized carbons (Fsp3) is 0.600. The van der Waals surface area contributed by atoms with Gasteiger partial charge in [0.15, 0.2) is 0 Å². The van der Waals surface area contributed by atoms with Gasteiger partial charge in [-0.2, -0.15) is 0 Å². The van der Waals surface area contributed by atoms with Crippen LogP contribution in [0.15, 0.2) is 18.2 Å². The molecule has 2 rings (SSSR count). The molecule has 1 fully saturated rings. The van der Waals surface area contributed by atoms with Crippen LogP contribution in [0.2, 0.25) is 5.02 Å². The average Bonchev–Trinajstić information content (AvgIpc) is 2.32. The molecule has 3 unspecified atom stereocenters. The molecule has 100 valence electrons. The summed E-state index contributed by atoms with van der Waals surface area (Å²) in [7, 11) is 0. The van der Waals surface area contributed by atoms with E-state index in [1.807, 2.05) is 18.2 Å². The lowest BCUT2D eigenvalue weighted by atomic mass is 9.88. The van der Waals surface area contributed by atoms with Crippen LogP contribution in [0.3, 0.4) is 0 Å². The predicted octanol–water partition coefficient (Wildman–Crippen LogP) is 3.88. The minimum absolute atomic E-state index is 0.461. The number of benzene rings is 1. The molecule has 0 aromatic heterocycles. The molecule has 1 aliphatic heterocycles. The Balaban J connectivity index is 2.19. The molecule has 1 N–H and O–H groups in total. The van der Waals surface area contributed by atoms with Crippen LogP contribution in [0.1, 0.15) is 38.9 Å². The Morgan fingerprint density at radius 3 is 2.61 bits per heavy atom. The third-order valence-electron chi connectivity index (χ3n) is 4.13. The molecule has 0 amide bonds. The number of hydrogen-bond acceptors (Lipinski definition) is 2. The summed E-state index contributed by atoms with van der Waals surface area (Å²) in [6.45, 7) is 8.51. The fourth-order valence-electron chi connectivity index (χ4n) is 2.52. The largest absolute Gasteiger partial charge is 0.389 e. The number of piperidine rings is 1. The summed E-state index contributed by atoms with van der Waals surface area (Å²) >= 11 is 6.34. The molecule has 1 heterocycles. The van der Waals surface area contributed by atoms with Gasteiger partial charge in [-0.1, -0.05) is 31.5 Å². The summed E-state index contributed by atoms with van der Waals surface area (Å²) in [5.41, 5.74) is 1.97. The van der Waals surface area contributed by atoms with Crippen LogP contribution in [-0.4, -0.2) is 18.2 Å². The van der Waals surface area contributed by atoms with E-state index in [1.165, 1.54) is 6.42 Å². The SMILES string of the molecule is CC(O)c1ccc(N2CCC(C)C(C)C2)c(Cl)c1. The topological polar surface area (TPSA) is 23.5 Å². The maximum atomic E-state index is 9.55. The second-order valence-corrected chi connectivity index (χ2v) is 5.98. The highest BCUT2D eigenvalue weighted by Gasteiger charge is 2.24. The van der Waals surface area contributed by atoms with E-state index in [1.54, 1.807) is 6.92 Å². The lowest BCUT2D eigenvalue weighted by Crippen LogP contribution is -2.38. The molecular formula is C15H22ClNO. The maximum absolute atomic E-state index is 9.55. The molecule has 18 heavy (non-hydrogen) atoms. The first-order valence-electron chi connectivity index (χ1n) is 6.71. The van der Waals surface area contributed by atoms with E-state index in [9.17, 15) is 5.11 Å². The predicted molar refractivity (Wildman–Crippen MR) is 77.2 cm³/mol. The zero-order valence-corrected chi connectivity index (χ0v) is 12.1. The van der Waals surface area contributed by atoms with Gasteiger partial charge in [-0.25, -0.2) is 0 Å². The second-order valence-electron chi connectivity index (χ2n) is 5.58. The minimum Gasteiger partial charge on any atom is -0.389 e. The number of rotatable bonds is 2. The zero-order valence-electron chi connectivity index (χ0n) is 11.4.